The summed E-state index contributed by atoms with van der Waals surface area (Å²) in [6.45, 7) is 0. The summed E-state index contributed by atoms with van der Waals surface area (Å²) in [4.78, 5) is 8.24. The predicted octanol–water partition coefficient (Wildman–Crippen LogP) is 3.05. The van der Waals surface area contributed by atoms with Crippen LogP contribution in [0, 0.1) is 0 Å². The van der Waals surface area contributed by atoms with E-state index < -0.39 is 10.0 Å². The highest BCUT2D eigenvalue weighted by Gasteiger charge is 2.19. The van der Waals surface area contributed by atoms with Crippen LogP contribution in [0.1, 0.15) is 0 Å². The second kappa shape index (κ2) is 5.99. The van der Waals surface area contributed by atoms with Crippen LogP contribution in [0.4, 0.5) is 5.13 Å². The topological polar surface area (TPSA) is 84.8 Å². The van der Waals surface area contributed by atoms with Gasteiger partial charge in [-0.15, -0.1) is 0 Å². The molecule has 3 rings (SSSR count). The minimum Gasteiger partial charge on any atom is -0.253 e. The van der Waals surface area contributed by atoms with Gasteiger partial charge >= 0.3 is 0 Å². The normalized spacial score (nSPS) is 11.3. The lowest BCUT2D eigenvalue weighted by Crippen LogP contribution is -2.13. The Morgan fingerprint density at radius 3 is 2.59 bits per heavy atom. The minimum absolute atomic E-state index is 0.00810. The van der Waals surface area contributed by atoms with Crippen LogP contribution in [-0.2, 0) is 10.0 Å². The predicted molar refractivity (Wildman–Crippen MR) is 85.4 cm³/mol. The van der Waals surface area contributed by atoms with E-state index in [2.05, 4.69) is 19.1 Å². The number of sulfonamides is 1. The molecular formula is C13H9ClN4O2S2. The van der Waals surface area contributed by atoms with Crippen molar-refractivity contribution in [2.24, 2.45) is 0 Å². The third-order valence-electron chi connectivity index (χ3n) is 2.67. The van der Waals surface area contributed by atoms with Gasteiger partial charge < -0.3 is 0 Å². The Morgan fingerprint density at radius 2 is 1.86 bits per heavy atom. The minimum atomic E-state index is -3.81. The Bertz CT molecular complexity index is 897. The number of anilines is 1. The monoisotopic (exact) mass is 352 g/mol. The number of nitrogens with one attached hydrogen (secondary N) is 1. The molecule has 1 aromatic carbocycles. The first-order chi connectivity index (χ1) is 10.6. The van der Waals surface area contributed by atoms with E-state index in [1.807, 2.05) is 0 Å². The summed E-state index contributed by atoms with van der Waals surface area (Å²) in [5.74, 6) is 0.363. The molecule has 1 N–H and O–H groups in total. The largest absolute Gasteiger partial charge is 0.265 e. The maximum Gasteiger partial charge on any atom is 0.265 e. The van der Waals surface area contributed by atoms with Crippen LogP contribution in [0.3, 0.4) is 0 Å². The number of pyridine rings is 1. The van der Waals surface area contributed by atoms with E-state index >= 15 is 0 Å². The van der Waals surface area contributed by atoms with E-state index in [1.54, 1.807) is 36.5 Å². The van der Waals surface area contributed by atoms with E-state index in [-0.39, 0.29) is 15.0 Å². The molecule has 0 bridgehead atoms. The average molecular weight is 353 g/mol. The smallest absolute Gasteiger partial charge is 0.253 e. The summed E-state index contributed by atoms with van der Waals surface area (Å²) in [5.41, 5.74) is 0.571. The second-order valence-corrected chi connectivity index (χ2v) is 6.98. The molecule has 2 aromatic heterocycles. The van der Waals surface area contributed by atoms with Crippen LogP contribution in [0.25, 0.3) is 11.5 Å². The van der Waals surface area contributed by atoms with E-state index in [1.165, 1.54) is 12.1 Å². The van der Waals surface area contributed by atoms with Crippen LogP contribution in [-0.4, -0.2) is 22.8 Å². The van der Waals surface area contributed by atoms with Crippen LogP contribution in [0.2, 0.25) is 5.02 Å². The second-order valence-electron chi connectivity index (χ2n) is 4.17. The van der Waals surface area contributed by atoms with Crippen molar-refractivity contribution in [3.05, 3.63) is 53.7 Å². The maximum atomic E-state index is 12.3. The maximum absolute atomic E-state index is 12.3. The summed E-state index contributed by atoms with van der Waals surface area (Å²) in [6.07, 6.45) is 1.62. The third-order valence-corrected chi connectivity index (χ3v) is 5.27. The molecule has 9 heteroatoms. The Labute approximate surface area is 136 Å². The lowest BCUT2D eigenvalue weighted by atomic mass is 10.3. The highest BCUT2D eigenvalue weighted by molar-refractivity contribution is 7.93. The first-order valence-corrected chi connectivity index (χ1v) is 8.72. The molecule has 0 saturated heterocycles. The van der Waals surface area contributed by atoms with Crippen molar-refractivity contribution in [1.29, 1.82) is 0 Å². The molecule has 0 unspecified atom stereocenters. The van der Waals surface area contributed by atoms with Crippen molar-refractivity contribution in [1.82, 2.24) is 14.3 Å². The lowest BCUT2D eigenvalue weighted by Gasteiger charge is -2.05. The fourth-order valence-electron chi connectivity index (χ4n) is 1.70. The number of aromatic nitrogens is 3. The molecule has 0 amide bonds. The quantitative estimate of drug-likeness (QED) is 0.780. The average Bonchev–Trinajstić information content (AvgIpc) is 2.96. The highest BCUT2D eigenvalue weighted by Crippen LogP contribution is 2.25. The zero-order chi connectivity index (χ0) is 15.6. The van der Waals surface area contributed by atoms with Crippen molar-refractivity contribution in [3.63, 3.8) is 0 Å². The van der Waals surface area contributed by atoms with Gasteiger partial charge in [0.25, 0.3) is 10.0 Å². The summed E-state index contributed by atoms with van der Waals surface area (Å²) in [7, 11) is -3.81. The van der Waals surface area contributed by atoms with Crippen molar-refractivity contribution in [3.8, 4) is 11.5 Å². The molecular weight excluding hydrogens is 344 g/mol. The molecule has 3 aromatic rings. The SMILES string of the molecule is O=S(=O)(Nc1nc(-c2ccccn2)ns1)c1ccccc1Cl. The van der Waals surface area contributed by atoms with E-state index in [0.717, 1.165) is 11.5 Å². The molecule has 0 spiro atoms. The summed E-state index contributed by atoms with van der Waals surface area (Å²) < 4.78 is 31.1. The van der Waals surface area contributed by atoms with Gasteiger partial charge in [-0.25, -0.2) is 8.42 Å². The molecule has 0 atom stereocenters. The number of nitrogens with zero attached hydrogens (tertiary/aromatic N) is 3. The molecule has 0 aliphatic rings. The highest BCUT2D eigenvalue weighted by atomic mass is 35.5. The lowest BCUT2D eigenvalue weighted by molar-refractivity contribution is 0.601. The first-order valence-electron chi connectivity index (χ1n) is 6.09. The van der Waals surface area contributed by atoms with E-state index in [0.29, 0.717) is 11.5 Å². The fourth-order valence-corrected chi connectivity index (χ4v) is 4.02. The van der Waals surface area contributed by atoms with Gasteiger partial charge in [-0.05, 0) is 24.3 Å². The number of benzene rings is 1. The molecule has 112 valence electrons. The van der Waals surface area contributed by atoms with Crippen LogP contribution >= 0.6 is 23.1 Å². The molecule has 6 nitrogen and oxygen atoms in total. The van der Waals surface area contributed by atoms with Crippen LogP contribution < -0.4 is 4.72 Å². The van der Waals surface area contributed by atoms with Crippen molar-refractivity contribution in [2.45, 2.75) is 4.90 Å². The van der Waals surface area contributed by atoms with E-state index in [9.17, 15) is 8.42 Å². The Balaban J connectivity index is 1.88. The van der Waals surface area contributed by atoms with Gasteiger partial charge in [-0.1, -0.05) is 29.8 Å². The third kappa shape index (κ3) is 3.08. The summed E-state index contributed by atoms with van der Waals surface area (Å²) in [6, 6.07) is 11.5. The van der Waals surface area contributed by atoms with E-state index in [4.69, 9.17) is 11.6 Å². The zero-order valence-electron chi connectivity index (χ0n) is 11.0. The van der Waals surface area contributed by atoms with Crippen LogP contribution in [0.15, 0.2) is 53.6 Å². The molecule has 0 fully saturated rings. The fraction of sp³-hybridized carbons (Fsp3) is 0. The molecule has 22 heavy (non-hydrogen) atoms. The first kappa shape index (κ1) is 14.9. The van der Waals surface area contributed by atoms with Gasteiger partial charge in [0.2, 0.25) is 5.13 Å². The molecule has 2 heterocycles. The number of hydrogen-bond acceptors (Lipinski definition) is 6. The number of rotatable bonds is 4. The van der Waals surface area contributed by atoms with Gasteiger partial charge in [0.1, 0.15) is 10.6 Å². The molecule has 0 aliphatic carbocycles. The zero-order valence-corrected chi connectivity index (χ0v) is 13.4. The van der Waals surface area contributed by atoms with Gasteiger partial charge in [0.05, 0.1) is 5.02 Å². The van der Waals surface area contributed by atoms with Crippen LogP contribution in [0.5, 0.6) is 0 Å². The Hall–Kier alpha value is -2.03. The Kier molecular flexibility index (Phi) is 4.06. The van der Waals surface area contributed by atoms with Crippen molar-refractivity contribution < 1.29 is 8.42 Å². The van der Waals surface area contributed by atoms with Crippen molar-refractivity contribution in [2.75, 3.05) is 4.72 Å². The molecule has 0 radical (unpaired) electrons. The molecule has 0 saturated carbocycles. The van der Waals surface area contributed by atoms with Gasteiger partial charge in [-0.3, -0.25) is 9.71 Å². The molecule has 0 aliphatic heterocycles. The van der Waals surface area contributed by atoms with Gasteiger partial charge in [0, 0.05) is 17.7 Å². The summed E-state index contributed by atoms with van der Waals surface area (Å²) >= 11 is 6.85. The number of hydrogen-bond donors (Lipinski definition) is 1. The summed E-state index contributed by atoms with van der Waals surface area (Å²) in [5, 5.41) is 0.296. The van der Waals surface area contributed by atoms with Gasteiger partial charge in [-0.2, -0.15) is 9.36 Å². The van der Waals surface area contributed by atoms with Crippen molar-refractivity contribution >= 4 is 38.3 Å². The number of halogens is 1. The standard InChI is InChI=1S/C13H9ClN4O2S2/c14-9-5-1-2-7-11(9)22(19,20)18-13-16-12(17-21-13)10-6-3-4-8-15-10/h1-8H,(H,16,17,18). The van der Waals surface area contributed by atoms with Gasteiger partial charge in [0.15, 0.2) is 5.82 Å². The Morgan fingerprint density at radius 1 is 1.09 bits per heavy atom.